The highest BCUT2D eigenvalue weighted by Gasteiger charge is 2.29. The minimum atomic E-state index is 0.327. The van der Waals surface area contributed by atoms with Gasteiger partial charge in [-0.3, -0.25) is 9.48 Å². The Hall–Kier alpha value is -2.30. The highest BCUT2D eigenvalue weighted by atomic mass is 16.2. The number of para-hydroxylation sites is 1. The van der Waals surface area contributed by atoms with Crippen LogP contribution in [0.3, 0.4) is 0 Å². The van der Waals surface area contributed by atoms with Crippen LogP contribution in [0.15, 0.2) is 36.7 Å². The Labute approximate surface area is 142 Å². The summed E-state index contributed by atoms with van der Waals surface area (Å²) in [4.78, 5) is 16.3. The van der Waals surface area contributed by atoms with Crippen molar-refractivity contribution in [2.45, 2.75) is 31.7 Å². The van der Waals surface area contributed by atoms with E-state index in [1.165, 1.54) is 16.8 Å². The van der Waals surface area contributed by atoms with Gasteiger partial charge in [-0.15, -0.1) is 0 Å². The van der Waals surface area contributed by atoms with Gasteiger partial charge in [-0.2, -0.15) is 5.10 Å². The van der Waals surface area contributed by atoms with Gasteiger partial charge in [0.15, 0.2) is 0 Å². The lowest BCUT2D eigenvalue weighted by Crippen LogP contribution is -2.28. The molecule has 1 aromatic heterocycles. The summed E-state index contributed by atoms with van der Waals surface area (Å²) in [6.45, 7) is 3.74. The zero-order valence-corrected chi connectivity index (χ0v) is 14.2. The van der Waals surface area contributed by atoms with Crippen LogP contribution < -0.4 is 4.90 Å². The lowest BCUT2D eigenvalue weighted by Gasteiger charge is -2.20. The zero-order chi connectivity index (χ0) is 16.5. The molecule has 0 aliphatic carbocycles. The van der Waals surface area contributed by atoms with Gasteiger partial charge < -0.3 is 9.80 Å². The average Bonchev–Trinajstić information content (AvgIpc) is 3.27. The van der Waals surface area contributed by atoms with Crippen LogP contribution >= 0.6 is 0 Å². The number of hydrogen-bond donors (Lipinski definition) is 0. The molecular weight excluding hydrogens is 300 g/mol. The smallest absolute Gasteiger partial charge is 0.222 e. The molecule has 2 aliphatic heterocycles. The third-order valence-corrected chi connectivity index (χ3v) is 5.21. The van der Waals surface area contributed by atoms with Crippen molar-refractivity contribution in [1.29, 1.82) is 0 Å². The van der Waals surface area contributed by atoms with E-state index < -0.39 is 0 Å². The van der Waals surface area contributed by atoms with Crippen LogP contribution in [0.5, 0.6) is 0 Å². The molecule has 126 valence electrons. The summed E-state index contributed by atoms with van der Waals surface area (Å²) in [6.07, 6.45) is 6.82. The lowest BCUT2D eigenvalue weighted by molar-refractivity contribution is -0.127. The number of fused-ring (bicyclic) bond motifs is 1. The molecule has 2 aromatic rings. The minimum Gasteiger partial charge on any atom is -0.366 e. The topological polar surface area (TPSA) is 41.4 Å². The molecule has 0 spiro atoms. The maximum atomic E-state index is 11.8. The monoisotopic (exact) mass is 324 g/mol. The fourth-order valence-electron chi connectivity index (χ4n) is 4.01. The lowest BCUT2D eigenvalue weighted by atomic mass is 9.98. The number of benzene rings is 1. The van der Waals surface area contributed by atoms with Crippen LogP contribution in [0.25, 0.3) is 0 Å². The van der Waals surface area contributed by atoms with Crippen LogP contribution in [-0.4, -0.2) is 40.2 Å². The standard InChI is InChI=1S/C19H24N4O/c1-21-12-15(11-20-21)13-23-14-16(17-5-2-3-6-18(17)23)8-10-22-9-4-7-19(22)24/h2-3,5-6,11-12,16H,4,7-10,13-14H2,1H3/t16-/m1/s1. The number of aryl methyl sites for hydroxylation is 1. The van der Waals surface area contributed by atoms with Gasteiger partial charge in [-0.25, -0.2) is 0 Å². The van der Waals surface area contributed by atoms with Gasteiger partial charge in [0.05, 0.1) is 6.20 Å². The van der Waals surface area contributed by atoms with Crippen LogP contribution in [0.4, 0.5) is 5.69 Å². The number of hydrogen-bond acceptors (Lipinski definition) is 3. The third kappa shape index (κ3) is 2.90. The van der Waals surface area contributed by atoms with Gasteiger partial charge in [0.2, 0.25) is 5.91 Å². The number of aromatic nitrogens is 2. The van der Waals surface area contributed by atoms with Crippen molar-refractivity contribution in [3.8, 4) is 0 Å². The first-order valence-electron chi connectivity index (χ1n) is 8.80. The third-order valence-electron chi connectivity index (χ3n) is 5.21. The van der Waals surface area contributed by atoms with E-state index in [9.17, 15) is 4.79 Å². The molecule has 1 atom stereocenters. The van der Waals surface area contributed by atoms with Crippen LogP contribution in [-0.2, 0) is 18.4 Å². The van der Waals surface area contributed by atoms with E-state index >= 15 is 0 Å². The Balaban J connectivity index is 1.47. The van der Waals surface area contributed by atoms with E-state index in [-0.39, 0.29) is 0 Å². The van der Waals surface area contributed by atoms with Crippen molar-refractivity contribution in [2.75, 3.05) is 24.5 Å². The molecular formula is C19H24N4O. The molecule has 4 rings (SSSR count). The Morgan fingerprint density at radius 2 is 2.12 bits per heavy atom. The predicted octanol–water partition coefficient (Wildman–Crippen LogP) is 2.54. The Morgan fingerprint density at radius 1 is 1.25 bits per heavy atom. The molecule has 5 nitrogen and oxygen atoms in total. The van der Waals surface area contributed by atoms with Crippen molar-refractivity contribution in [2.24, 2.45) is 7.05 Å². The highest BCUT2D eigenvalue weighted by Crippen LogP contribution is 2.38. The molecule has 2 aliphatic rings. The van der Waals surface area contributed by atoms with E-state index in [1.54, 1.807) is 0 Å². The second-order valence-electron chi connectivity index (χ2n) is 6.93. The van der Waals surface area contributed by atoms with Crippen molar-refractivity contribution in [1.82, 2.24) is 14.7 Å². The number of rotatable bonds is 5. The maximum absolute atomic E-state index is 11.8. The summed E-state index contributed by atoms with van der Waals surface area (Å²) in [7, 11) is 1.96. The predicted molar refractivity (Wildman–Crippen MR) is 93.9 cm³/mol. The van der Waals surface area contributed by atoms with E-state index in [2.05, 4.69) is 40.5 Å². The molecule has 5 heteroatoms. The quantitative estimate of drug-likeness (QED) is 0.849. The molecule has 1 fully saturated rings. The fraction of sp³-hybridized carbons (Fsp3) is 0.474. The summed E-state index contributed by atoms with van der Waals surface area (Å²) < 4.78 is 1.85. The first-order valence-corrected chi connectivity index (χ1v) is 8.80. The average molecular weight is 324 g/mol. The highest BCUT2D eigenvalue weighted by molar-refractivity contribution is 5.78. The van der Waals surface area contributed by atoms with Crippen molar-refractivity contribution in [3.05, 3.63) is 47.8 Å². The largest absolute Gasteiger partial charge is 0.366 e. The SMILES string of the molecule is Cn1cc(CN2C[C@@H](CCN3CCCC3=O)c3ccccc32)cn1. The summed E-state index contributed by atoms with van der Waals surface area (Å²) >= 11 is 0. The zero-order valence-electron chi connectivity index (χ0n) is 14.2. The van der Waals surface area contributed by atoms with Crippen LogP contribution in [0.2, 0.25) is 0 Å². The Kier molecular flexibility index (Phi) is 4.00. The molecule has 24 heavy (non-hydrogen) atoms. The van der Waals surface area contributed by atoms with Gasteiger partial charge in [-0.05, 0) is 24.5 Å². The number of amides is 1. The van der Waals surface area contributed by atoms with Crippen molar-refractivity contribution < 1.29 is 4.79 Å². The van der Waals surface area contributed by atoms with E-state index in [4.69, 9.17) is 0 Å². The summed E-state index contributed by atoms with van der Waals surface area (Å²) in [5, 5.41) is 4.28. The number of carbonyl (C=O) groups is 1. The Morgan fingerprint density at radius 3 is 2.88 bits per heavy atom. The van der Waals surface area contributed by atoms with Gasteiger partial charge in [0, 0.05) is 63.0 Å². The summed E-state index contributed by atoms with van der Waals surface area (Å²) in [5.74, 6) is 0.833. The first-order chi connectivity index (χ1) is 11.7. The fourth-order valence-corrected chi connectivity index (χ4v) is 4.01. The second kappa shape index (κ2) is 6.30. The first kappa shape index (κ1) is 15.2. The van der Waals surface area contributed by atoms with Crippen molar-refractivity contribution in [3.63, 3.8) is 0 Å². The van der Waals surface area contributed by atoms with Gasteiger partial charge in [0.25, 0.3) is 0 Å². The molecule has 1 saturated heterocycles. The van der Waals surface area contributed by atoms with E-state index in [0.717, 1.165) is 45.4 Å². The molecule has 0 unspecified atom stereocenters. The molecule has 1 amide bonds. The van der Waals surface area contributed by atoms with Crippen LogP contribution in [0.1, 0.15) is 36.3 Å². The van der Waals surface area contributed by atoms with Crippen molar-refractivity contribution >= 4 is 11.6 Å². The maximum Gasteiger partial charge on any atom is 0.222 e. The van der Waals surface area contributed by atoms with Crippen LogP contribution in [0, 0.1) is 0 Å². The van der Waals surface area contributed by atoms with E-state index in [1.807, 2.05) is 22.8 Å². The second-order valence-corrected chi connectivity index (χ2v) is 6.93. The van der Waals surface area contributed by atoms with E-state index in [0.29, 0.717) is 11.8 Å². The molecule has 0 saturated carbocycles. The van der Waals surface area contributed by atoms with Gasteiger partial charge in [-0.1, -0.05) is 18.2 Å². The normalized spacial score (nSPS) is 20.0. The summed E-state index contributed by atoms with van der Waals surface area (Å²) in [5.41, 5.74) is 4.00. The number of anilines is 1. The van der Waals surface area contributed by atoms with Gasteiger partial charge >= 0.3 is 0 Å². The molecule has 0 radical (unpaired) electrons. The molecule has 0 bridgehead atoms. The van der Waals surface area contributed by atoms with Gasteiger partial charge in [0.1, 0.15) is 0 Å². The number of carbonyl (C=O) groups excluding carboxylic acids is 1. The molecule has 1 aromatic carbocycles. The Bertz CT molecular complexity index is 738. The molecule has 3 heterocycles. The number of likely N-dealkylation sites (tertiary alicyclic amines) is 1. The minimum absolute atomic E-state index is 0.327. The molecule has 0 N–H and O–H groups in total. The number of nitrogens with zero attached hydrogens (tertiary/aromatic N) is 4. The summed E-state index contributed by atoms with van der Waals surface area (Å²) in [6, 6.07) is 8.70.